The molecule has 2 aliphatic carbocycles. The van der Waals surface area contributed by atoms with Crippen LogP contribution in [0.3, 0.4) is 0 Å². The van der Waals surface area contributed by atoms with Crippen molar-refractivity contribution >= 4 is 50.6 Å². The molecule has 1 heterocycles. The molecule has 0 radical (unpaired) electrons. The third kappa shape index (κ3) is 3.65. The van der Waals surface area contributed by atoms with Crippen LogP contribution in [-0.2, 0) is 23.9 Å². The van der Waals surface area contributed by atoms with Gasteiger partial charge in [0.2, 0.25) is 11.8 Å². The first kappa shape index (κ1) is 27.5. The Morgan fingerprint density at radius 2 is 1.51 bits per heavy atom. The fourth-order valence-corrected chi connectivity index (χ4v) is 8.44. The number of benzene rings is 2. The summed E-state index contributed by atoms with van der Waals surface area (Å²) in [7, 11) is 0. The second kappa shape index (κ2) is 9.84. The molecule has 5 rings (SSSR count). The molecule has 7 heteroatoms. The summed E-state index contributed by atoms with van der Waals surface area (Å²) in [5.41, 5.74) is 0.982. The number of alkyl halides is 1. The Bertz CT molecular complexity index is 1370. The lowest BCUT2D eigenvalue weighted by atomic mass is 9.63. The number of fused-ring (bicyclic) bond motifs is 5. The molecule has 5 atom stereocenters. The smallest absolute Gasteiger partial charge is 0.308 e. The van der Waals surface area contributed by atoms with E-state index in [1.165, 1.54) is 4.90 Å². The molecule has 2 bridgehead atoms. The van der Waals surface area contributed by atoms with Gasteiger partial charge >= 0.3 is 5.97 Å². The summed E-state index contributed by atoms with van der Waals surface area (Å²) in [6.45, 7) is 7.87. The standard InChI is InChI=1S/C32H34BrNO5/c1-5-39-27(36)20(2)14-12-13-19-34-26(35)25-30(3)23(21-15-8-6-9-16-21)24(22-17-10-7-11-18-22)31(4,28(30)37)32(25,33)29(34)38/h6-11,15-18,20,25H,5,12-14,19H2,1-4H3/t20-,25?,30?,31?,32?/m0/s1. The number of ether oxygens (including phenoxy) is 1. The fourth-order valence-electron chi connectivity index (χ4n) is 7.19. The molecule has 0 spiro atoms. The van der Waals surface area contributed by atoms with E-state index < -0.39 is 21.1 Å². The van der Waals surface area contributed by atoms with E-state index in [0.29, 0.717) is 25.9 Å². The van der Waals surface area contributed by atoms with Gasteiger partial charge in [0.1, 0.15) is 4.32 Å². The number of esters is 1. The van der Waals surface area contributed by atoms with Crippen LogP contribution in [0.25, 0.3) is 11.1 Å². The molecule has 2 fully saturated rings. The number of allylic oxidation sites excluding steroid dienone is 2. The Morgan fingerprint density at radius 3 is 2.08 bits per heavy atom. The van der Waals surface area contributed by atoms with Gasteiger partial charge in [0, 0.05) is 6.54 Å². The van der Waals surface area contributed by atoms with Crippen molar-refractivity contribution in [1.29, 1.82) is 0 Å². The van der Waals surface area contributed by atoms with Gasteiger partial charge in [0.15, 0.2) is 5.78 Å². The maximum absolute atomic E-state index is 14.4. The zero-order valence-electron chi connectivity index (χ0n) is 22.8. The van der Waals surface area contributed by atoms with E-state index in [2.05, 4.69) is 15.9 Å². The van der Waals surface area contributed by atoms with Gasteiger partial charge in [-0.05, 0) is 55.9 Å². The Labute approximate surface area is 237 Å². The van der Waals surface area contributed by atoms with Gasteiger partial charge in [-0.25, -0.2) is 0 Å². The van der Waals surface area contributed by atoms with Crippen LogP contribution in [-0.4, -0.2) is 45.9 Å². The summed E-state index contributed by atoms with van der Waals surface area (Å²) in [4.78, 5) is 55.9. The lowest BCUT2D eigenvalue weighted by Gasteiger charge is -2.41. The summed E-state index contributed by atoms with van der Waals surface area (Å²) >= 11 is 3.79. The van der Waals surface area contributed by atoms with Gasteiger partial charge in [-0.15, -0.1) is 0 Å². The van der Waals surface area contributed by atoms with Gasteiger partial charge in [0.05, 0.1) is 29.3 Å². The predicted octanol–water partition coefficient (Wildman–Crippen LogP) is 5.69. The van der Waals surface area contributed by atoms with Crippen molar-refractivity contribution in [2.24, 2.45) is 22.7 Å². The zero-order chi connectivity index (χ0) is 28.2. The zero-order valence-corrected chi connectivity index (χ0v) is 24.4. The summed E-state index contributed by atoms with van der Waals surface area (Å²) in [6, 6.07) is 19.4. The largest absolute Gasteiger partial charge is 0.466 e. The van der Waals surface area contributed by atoms with Crippen LogP contribution in [0, 0.1) is 22.7 Å². The minimum Gasteiger partial charge on any atom is -0.466 e. The predicted molar refractivity (Wildman–Crippen MR) is 152 cm³/mol. The van der Waals surface area contributed by atoms with Crippen LogP contribution in [0.5, 0.6) is 0 Å². The van der Waals surface area contributed by atoms with Crippen molar-refractivity contribution < 1.29 is 23.9 Å². The van der Waals surface area contributed by atoms with Gasteiger partial charge in [-0.2, -0.15) is 0 Å². The summed E-state index contributed by atoms with van der Waals surface area (Å²) in [5.74, 6) is -2.08. The number of hydrogen-bond acceptors (Lipinski definition) is 5. The van der Waals surface area contributed by atoms with Crippen LogP contribution in [0.1, 0.15) is 58.1 Å². The molecule has 2 amide bonds. The number of halogens is 1. The Morgan fingerprint density at radius 1 is 0.949 bits per heavy atom. The number of imide groups is 1. The third-order valence-corrected chi connectivity index (χ3v) is 10.6. The number of carbonyl (C=O) groups is 4. The fraction of sp³-hybridized carbons (Fsp3) is 0.438. The third-order valence-electron chi connectivity index (χ3n) is 9.05. The molecular formula is C32H34BrNO5. The number of hydrogen-bond donors (Lipinski definition) is 0. The summed E-state index contributed by atoms with van der Waals surface area (Å²) in [6.07, 6.45) is 1.86. The molecule has 1 aliphatic heterocycles. The van der Waals surface area contributed by atoms with Crippen molar-refractivity contribution in [2.75, 3.05) is 13.2 Å². The first-order valence-corrected chi connectivity index (χ1v) is 14.5. The van der Waals surface area contributed by atoms with E-state index in [9.17, 15) is 19.2 Å². The van der Waals surface area contributed by atoms with Crippen molar-refractivity contribution in [3.8, 4) is 0 Å². The molecule has 1 saturated heterocycles. The lowest BCUT2D eigenvalue weighted by Crippen LogP contribution is -2.50. The van der Waals surface area contributed by atoms with Gasteiger partial charge in [-0.3, -0.25) is 24.1 Å². The maximum atomic E-state index is 14.4. The first-order valence-electron chi connectivity index (χ1n) is 13.7. The molecule has 6 nitrogen and oxygen atoms in total. The number of Topliss-reactive ketones (excluding diaryl/α,β-unsaturated/α-hetero) is 1. The molecule has 2 aromatic rings. The summed E-state index contributed by atoms with van der Waals surface area (Å²) in [5, 5.41) is 0. The number of carbonyl (C=O) groups excluding carboxylic acids is 4. The number of rotatable bonds is 9. The number of ketones is 1. The number of amides is 2. The Balaban J connectivity index is 1.52. The van der Waals surface area contributed by atoms with Crippen molar-refractivity contribution in [3.05, 3.63) is 71.8 Å². The van der Waals surface area contributed by atoms with E-state index in [1.54, 1.807) is 6.92 Å². The van der Waals surface area contributed by atoms with Crippen LogP contribution >= 0.6 is 15.9 Å². The topological polar surface area (TPSA) is 80.8 Å². The molecule has 39 heavy (non-hydrogen) atoms. The van der Waals surface area contributed by atoms with Crippen LogP contribution in [0.4, 0.5) is 0 Å². The molecular weight excluding hydrogens is 558 g/mol. The van der Waals surface area contributed by atoms with Gasteiger partial charge in [-0.1, -0.05) is 89.9 Å². The molecule has 0 N–H and O–H groups in total. The molecule has 3 aliphatic rings. The summed E-state index contributed by atoms with van der Waals surface area (Å²) < 4.78 is 3.72. The second-order valence-electron chi connectivity index (χ2n) is 11.2. The quantitative estimate of drug-likeness (QED) is 0.162. The van der Waals surface area contributed by atoms with Gasteiger partial charge < -0.3 is 4.74 Å². The first-order chi connectivity index (χ1) is 18.6. The van der Waals surface area contributed by atoms with Crippen molar-refractivity contribution in [3.63, 3.8) is 0 Å². The monoisotopic (exact) mass is 591 g/mol. The molecule has 0 aromatic heterocycles. The highest BCUT2D eigenvalue weighted by atomic mass is 79.9. The van der Waals surface area contributed by atoms with Crippen molar-refractivity contribution in [1.82, 2.24) is 4.90 Å². The molecule has 1 saturated carbocycles. The highest BCUT2D eigenvalue weighted by Crippen LogP contribution is 2.77. The minimum absolute atomic E-state index is 0.0980. The van der Waals surface area contributed by atoms with Crippen LogP contribution < -0.4 is 0 Å². The van der Waals surface area contributed by atoms with Crippen LogP contribution in [0.2, 0.25) is 0 Å². The number of nitrogens with zero attached hydrogens (tertiary/aromatic N) is 1. The second-order valence-corrected chi connectivity index (χ2v) is 12.5. The highest BCUT2D eigenvalue weighted by molar-refractivity contribution is 9.10. The maximum Gasteiger partial charge on any atom is 0.308 e. The van der Waals surface area contributed by atoms with E-state index in [4.69, 9.17) is 4.74 Å². The minimum atomic E-state index is -1.37. The molecule has 204 valence electrons. The Kier molecular flexibility index (Phi) is 6.94. The SMILES string of the molecule is CCOC(=O)[C@@H](C)CCCCN1C(=O)C2C3(C)C(=O)C(C)(C(c4ccccc4)=C3c3ccccc3)C2(Br)C1=O. The highest BCUT2D eigenvalue weighted by Gasteiger charge is 2.85. The van der Waals surface area contributed by atoms with E-state index in [0.717, 1.165) is 22.3 Å². The number of likely N-dealkylation sites (tertiary alicyclic amines) is 1. The van der Waals surface area contributed by atoms with Crippen molar-refractivity contribution in [2.45, 2.75) is 51.3 Å². The molecule has 2 aromatic carbocycles. The molecule has 4 unspecified atom stereocenters. The van der Waals surface area contributed by atoms with Crippen LogP contribution in [0.15, 0.2) is 60.7 Å². The lowest BCUT2D eigenvalue weighted by molar-refractivity contribution is -0.148. The van der Waals surface area contributed by atoms with Gasteiger partial charge in [0.25, 0.3) is 0 Å². The average Bonchev–Trinajstić information content (AvgIpc) is 3.31. The number of unbranched alkanes of at least 4 members (excludes halogenated alkanes) is 1. The Hall–Kier alpha value is -3.06. The van der Waals surface area contributed by atoms with E-state index >= 15 is 0 Å². The average molecular weight is 593 g/mol. The normalized spacial score (nSPS) is 30.2. The van der Waals surface area contributed by atoms with E-state index in [1.807, 2.05) is 81.4 Å². The van der Waals surface area contributed by atoms with E-state index in [-0.39, 0.29) is 36.0 Å².